The van der Waals surface area contributed by atoms with Crippen LogP contribution in [0.4, 0.5) is 5.82 Å². The Morgan fingerprint density at radius 3 is 3.11 bits per heavy atom. The van der Waals surface area contributed by atoms with Crippen molar-refractivity contribution in [3.8, 4) is 0 Å². The molecular weight excluding hydrogens is 244 g/mol. The van der Waals surface area contributed by atoms with Gasteiger partial charge in [0.1, 0.15) is 17.3 Å². The average molecular weight is 258 g/mol. The van der Waals surface area contributed by atoms with Crippen LogP contribution < -0.4 is 5.32 Å². The summed E-state index contributed by atoms with van der Waals surface area (Å²) in [6, 6.07) is 0. The van der Waals surface area contributed by atoms with Crippen LogP contribution in [0.15, 0.2) is 24.8 Å². The SMILES string of the molecule is CNc1cncc(C(=O)N2CCn3ccnc3C2)n1. The van der Waals surface area contributed by atoms with Crippen molar-refractivity contribution in [1.82, 2.24) is 24.4 Å². The van der Waals surface area contributed by atoms with Crippen molar-refractivity contribution in [3.05, 3.63) is 36.3 Å². The molecule has 0 saturated heterocycles. The molecule has 1 N–H and O–H groups in total. The molecule has 2 aromatic heterocycles. The van der Waals surface area contributed by atoms with Gasteiger partial charge in [0.05, 0.1) is 18.9 Å². The van der Waals surface area contributed by atoms with E-state index in [1.165, 1.54) is 6.20 Å². The molecule has 1 aliphatic rings. The molecule has 1 aliphatic heterocycles. The van der Waals surface area contributed by atoms with Crippen molar-refractivity contribution in [2.24, 2.45) is 0 Å². The van der Waals surface area contributed by atoms with E-state index in [1.807, 2.05) is 6.20 Å². The first-order valence-corrected chi connectivity index (χ1v) is 6.07. The first-order valence-electron chi connectivity index (χ1n) is 6.07. The fourth-order valence-corrected chi connectivity index (χ4v) is 2.10. The molecule has 0 radical (unpaired) electrons. The molecule has 0 saturated carbocycles. The first-order chi connectivity index (χ1) is 9.28. The number of anilines is 1. The fraction of sp³-hybridized carbons (Fsp3) is 0.333. The van der Waals surface area contributed by atoms with Gasteiger partial charge in [-0.25, -0.2) is 9.97 Å². The summed E-state index contributed by atoms with van der Waals surface area (Å²) in [4.78, 5) is 26.6. The van der Waals surface area contributed by atoms with E-state index >= 15 is 0 Å². The molecular formula is C12H14N6O. The molecule has 7 heteroatoms. The third kappa shape index (κ3) is 2.14. The predicted molar refractivity (Wildman–Crippen MR) is 68.5 cm³/mol. The number of aromatic nitrogens is 4. The predicted octanol–water partition coefficient (Wildman–Crippen LogP) is 0.371. The summed E-state index contributed by atoms with van der Waals surface area (Å²) in [5.41, 5.74) is 0.354. The molecule has 1 amide bonds. The highest BCUT2D eigenvalue weighted by Crippen LogP contribution is 2.13. The lowest BCUT2D eigenvalue weighted by Gasteiger charge is -2.27. The Bertz CT molecular complexity index is 608. The molecule has 2 aromatic rings. The summed E-state index contributed by atoms with van der Waals surface area (Å²) < 4.78 is 2.06. The molecule has 3 heterocycles. The van der Waals surface area contributed by atoms with Crippen LogP contribution in [0.25, 0.3) is 0 Å². The van der Waals surface area contributed by atoms with Crippen LogP contribution in [0, 0.1) is 0 Å². The standard InChI is InChI=1S/C12H14N6O/c1-13-10-7-14-6-9(16-10)12(19)18-5-4-17-3-2-15-11(17)8-18/h2-3,6-7H,4-5,8H2,1H3,(H,13,16). The Morgan fingerprint density at radius 2 is 2.26 bits per heavy atom. The minimum absolute atomic E-state index is 0.112. The van der Waals surface area contributed by atoms with Gasteiger partial charge >= 0.3 is 0 Å². The van der Waals surface area contributed by atoms with Gasteiger partial charge < -0.3 is 14.8 Å². The minimum atomic E-state index is -0.112. The number of carbonyl (C=O) groups excluding carboxylic acids is 1. The van der Waals surface area contributed by atoms with Gasteiger partial charge in [0.15, 0.2) is 0 Å². The molecule has 0 atom stereocenters. The van der Waals surface area contributed by atoms with E-state index in [1.54, 1.807) is 24.3 Å². The van der Waals surface area contributed by atoms with Crippen LogP contribution in [0.2, 0.25) is 0 Å². The van der Waals surface area contributed by atoms with Crippen LogP contribution in [0.3, 0.4) is 0 Å². The lowest BCUT2D eigenvalue weighted by atomic mass is 10.3. The second kappa shape index (κ2) is 4.68. The van der Waals surface area contributed by atoms with Crippen LogP contribution in [-0.2, 0) is 13.1 Å². The topological polar surface area (TPSA) is 75.9 Å². The Morgan fingerprint density at radius 1 is 1.37 bits per heavy atom. The number of nitrogens with zero attached hydrogens (tertiary/aromatic N) is 5. The van der Waals surface area contributed by atoms with Gasteiger partial charge in [-0.05, 0) is 0 Å². The minimum Gasteiger partial charge on any atom is -0.372 e. The molecule has 0 bridgehead atoms. The zero-order valence-corrected chi connectivity index (χ0v) is 10.6. The Hall–Kier alpha value is -2.44. The molecule has 19 heavy (non-hydrogen) atoms. The maximum atomic E-state index is 12.4. The number of imidazole rings is 1. The highest BCUT2D eigenvalue weighted by atomic mass is 16.2. The number of carbonyl (C=O) groups is 1. The van der Waals surface area contributed by atoms with E-state index in [2.05, 4.69) is 24.8 Å². The highest BCUT2D eigenvalue weighted by molar-refractivity contribution is 5.92. The van der Waals surface area contributed by atoms with Gasteiger partial charge in [0.2, 0.25) is 0 Å². The van der Waals surface area contributed by atoms with Gasteiger partial charge in [0.25, 0.3) is 5.91 Å². The molecule has 7 nitrogen and oxygen atoms in total. The van der Waals surface area contributed by atoms with E-state index in [0.29, 0.717) is 24.6 Å². The number of nitrogens with one attached hydrogen (secondary N) is 1. The molecule has 0 unspecified atom stereocenters. The summed E-state index contributed by atoms with van der Waals surface area (Å²) >= 11 is 0. The first kappa shape index (κ1) is 11.6. The lowest BCUT2D eigenvalue weighted by molar-refractivity contribution is 0.0701. The fourth-order valence-electron chi connectivity index (χ4n) is 2.10. The summed E-state index contributed by atoms with van der Waals surface area (Å²) in [6.45, 7) is 1.94. The number of hydrogen-bond acceptors (Lipinski definition) is 5. The van der Waals surface area contributed by atoms with Gasteiger partial charge in [-0.3, -0.25) is 9.78 Å². The maximum absolute atomic E-state index is 12.4. The summed E-state index contributed by atoms with van der Waals surface area (Å²) in [5.74, 6) is 1.38. The smallest absolute Gasteiger partial charge is 0.274 e. The average Bonchev–Trinajstić information content (AvgIpc) is 2.94. The van der Waals surface area contributed by atoms with E-state index in [-0.39, 0.29) is 5.91 Å². The monoisotopic (exact) mass is 258 g/mol. The number of hydrogen-bond donors (Lipinski definition) is 1. The Kier molecular flexibility index (Phi) is 2.86. The van der Waals surface area contributed by atoms with Crippen LogP contribution in [0.5, 0.6) is 0 Å². The highest BCUT2D eigenvalue weighted by Gasteiger charge is 2.23. The maximum Gasteiger partial charge on any atom is 0.274 e. The second-order valence-corrected chi connectivity index (χ2v) is 4.30. The van der Waals surface area contributed by atoms with Gasteiger partial charge in [-0.2, -0.15) is 0 Å². The van der Waals surface area contributed by atoms with E-state index in [4.69, 9.17) is 0 Å². The van der Waals surface area contributed by atoms with Crippen LogP contribution >= 0.6 is 0 Å². The van der Waals surface area contributed by atoms with E-state index in [9.17, 15) is 4.79 Å². The number of rotatable bonds is 2. The van der Waals surface area contributed by atoms with E-state index < -0.39 is 0 Å². The van der Waals surface area contributed by atoms with Crippen molar-refractivity contribution in [2.45, 2.75) is 13.1 Å². The van der Waals surface area contributed by atoms with Crippen LogP contribution in [-0.4, -0.2) is 43.9 Å². The summed E-state index contributed by atoms with van der Waals surface area (Å²) in [5, 5.41) is 2.88. The number of amides is 1. The van der Waals surface area contributed by atoms with Crippen LogP contribution in [0.1, 0.15) is 16.3 Å². The molecule has 0 aromatic carbocycles. The van der Waals surface area contributed by atoms with Gasteiger partial charge in [-0.1, -0.05) is 0 Å². The second-order valence-electron chi connectivity index (χ2n) is 4.30. The zero-order valence-electron chi connectivity index (χ0n) is 10.6. The van der Waals surface area contributed by atoms with Crippen molar-refractivity contribution >= 4 is 11.7 Å². The molecule has 3 rings (SSSR count). The molecule has 0 fully saturated rings. The number of fused-ring (bicyclic) bond motifs is 1. The van der Waals surface area contributed by atoms with Crippen molar-refractivity contribution in [1.29, 1.82) is 0 Å². The quantitative estimate of drug-likeness (QED) is 0.842. The third-order valence-corrected chi connectivity index (χ3v) is 3.14. The Balaban J connectivity index is 1.81. The molecule has 0 aliphatic carbocycles. The van der Waals surface area contributed by atoms with Gasteiger partial charge in [0, 0.05) is 32.5 Å². The van der Waals surface area contributed by atoms with Gasteiger partial charge in [-0.15, -0.1) is 0 Å². The normalized spacial score (nSPS) is 14.1. The van der Waals surface area contributed by atoms with Crippen molar-refractivity contribution in [3.63, 3.8) is 0 Å². The molecule has 98 valence electrons. The summed E-state index contributed by atoms with van der Waals surface area (Å²) in [7, 11) is 1.75. The van der Waals surface area contributed by atoms with Crippen molar-refractivity contribution in [2.75, 3.05) is 18.9 Å². The zero-order chi connectivity index (χ0) is 13.2. The lowest BCUT2D eigenvalue weighted by Crippen LogP contribution is -2.38. The largest absolute Gasteiger partial charge is 0.372 e. The van der Waals surface area contributed by atoms with E-state index in [0.717, 1.165) is 12.4 Å². The summed E-state index contributed by atoms with van der Waals surface area (Å²) in [6.07, 6.45) is 6.76. The third-order valence-electron chi connectivity index (χ3n) is 3.14. The molecule has 0 spiro atoms. The Labute approximate surface area is 110 Å². The van der Waals surface area contributed by atoms with Crippen molar-refractivity contribution < 1.29 is 4.79 Å².